The summed E-state index contributed by atoms with van der Waals surface area (Å²) < 4.78 is 3.36. The molecule has 6 nitrogen and oxygen atoms in total. The van der Waals surface area contributed by atoms with E-state index in [1.165, 1.54) is 7.11 Å². The number of aliphatic hydroxyl groups is 3. The zero-order valence-electron chi connectivity index (χ0n) is 14.2. The van der Waals surface area contributed by atoms with Gasteiger partial charge in [-0.3, -0.25) is 0 Å². The van der Waals surface area contributed by atoms with Crippen LogP contribution in [0, 0.1) is 11.8 Å². The van der Waals surface area contributed by atoms with Crippen molar-refractivity contribution in [2.45, 2.75) is 48.0 Å². The van der Waals surface area contributed by atoms with Crippen molar-refractivity contribution in [1.82, 2.24) is 5.32 Å². The summed E-state index contributed by atoms with van der Waals surface area (Å²) in [5, 5.41) is 34.6. The molecule has 1 fully saturated rings. The summed E-state index contributed by atoms with van der Waals surface area (Å²) in [6.07, 6.45) is 0.739. The van der Waals surface area contributed by atoms with E-state index in [9.17, 15) is 20.1 Å². The molecule has 0 bridgehead atoms. The molecule has 0 aromatic carbocycles. The average Bonchev–Trinajstić information content (AvgIpc) is 2.36. The van der Waals surface area contributed by atoms with Gasteiger partial charge in [0.2, 0.25) is 0 Å². The fourth-order valence-electron chi connectivity index (χ4n) is 3.49. The van der Waals surface area contributed by atoms with Crippen molar-refractivity contribution in [1.29, 1.82) is 0 Å². The molecule has 1 aliphatic rings. The third-order valence-electron chi connectivity index (χ3n) is 4.53. The lowest BCUT2D eigenvalue weighted by Crippen LogP contribution is -2.65. The summed E-state index contributed by atoms with van der Waals surface area (Å²) in [7, 11) is -0.370. The Morgan fingerprint density at radius 1 is 1.54 bits per heavy atom. The number of halogens is 1. The van der Waals surface area contributed by atoms with Gasteiger partial charge in [0.25, 0.3) is 0 Å². The standard InChI is InChI=1S/C14H26INO5S3/c1-13(19)7-9(17)11(16-12(18)21-3)10(14(2,15)20)8(13)5-6-24(4,22)23/h8-11,17,19-20H,5-7H2,1-4H3,(H,16,18)/t8?,9?,10-,11?,13-,14-/m0/s1. The minimum Gasteiger partial charge on any atom is -0.453 e. The highest BCUT2D eigenvalue weighted by atomic mass is 127. The number of amides is 1. The van der Waals surface area contributed by atoms with Crippen molar-refractivity contribution in [2.75, 3.05) is 19.1 Å². The highest BCUT2D eigenvalue weighted by Crippen LogP contribution is 2.47. The first-order valence-electron chi connectivity index (χ1n) is 7.53. The molecule has 3 unspecified atom stereocenters. The molecule has 10 heteroatoms. The van der Waals surface area contributed by atoms with Gasteiger partial charge in [0, 0.05) is 18.1 Å². The van der Waals surface area contributed by atoms with Crippen LogP contribution in [0.15, 0.2) is 0 Å². The number of rotatable bonds is 5. The monoisotopic (exact) mass is 511 g/mol. The SMILES string of the molecule is COC(=O)NC1C(O)C[C@](C)(O)C(CCS(C)(=S)=S)[C@@H]1[C@](C)(O)I. The number of hydrogen-bond acceptors (Lipinski definition) is 7. The second-order valence-corrected chi connectivity index (χ2v) is 16.4. The Kier molecular flexibility index (Phi) is 7.70. The van der Waals surface area contributed by atoms with E-state index >= 15 is 0 Å². The first-order chi connectivity index (χ1) is 10.7. The quantitative estimate of drug-likeness (QED) is 0.319. The van der Waals surface area contributed by atoms with Gasteiger partial charge < -0.3 is 25.4 Å². The Bertz CT molecular complexity index is 561. The molecule has 142 valence electrons. The van der Waals surface area contributed by atoms with Gasteiger partial charge in [0.15, 0.2) is 0 Å². The van der Waals surface area contributed by atoms with Crippen molar-refractivity contribution in [3.63, 3.8) is 0 Å². The third-order valence-corrected chi connectivity index (χ3v) is 7.23. The van der Waals surface area contributed by atoms with E-state index < -0.39 is 40.5 Å². The average molecular weight is 511 g/mol. The maximum absolute atomic E-state index is 11.7. The minimum atomic E-state index is -1.60. The highest BCUT2D eigenvalue weighted by Gasteiger charge is 2.55. The van der Waals surface area contributed by atoms with Crippen LogP contribution in [0.4, 0.5) is 4.79 Å². The molecule has 0 saturated heterocycles. The van der Waals surface area contributed by atoms with Crippen LogP contribution in [0.2, 0.25) is 0 Å². The number of methoxy groups -OCH3 is 1. The summed E-state index contributed by atoms with van der Waals surface area (Å²) in [5.41, 5.74) is -1.21. The van der Waals surface area contributed by atoms with E-state index in [1.54, 1.807) is 13.8 Å². The topological polar surface area (TPSA) is 99.0 Å². The molecule has 1 saturated carbocycles. The minimum absolute atomic E-state index is 0.0798. The molecule has 0 aromatic rings. The predicted molar refractivity (Wildman–Crippen MR) is 110 cm³/mol. The van der Waals surface area contributed by atoms with Crippen molar-refractivity contribution in [3.05, 3.63) is 0 Å². The number of aliphatic hydroxyl groups excluding tert-OH is 1. The van der Waals surface area contributed by atoms with Crippen LogP contribution in [-0.4, -0.2) is 61.9 Å². The Hall–Kier alpha value is 0.670. The molecule has 1 amide bonds. The number of ether oxygens (including phenoxy) is 1. The van der Waals surface area contributed by atoms with Gasteiger partial charge in [-0.05, 0) is 77.4 Å². The van der Waals surface area contributed by atoms with E-state index in [1.807, 2.05) is 28.8 Å². The molecular formula is C14H26INO5S3. The maximum Gasteiger partial charge on any atom is 0.407 e. The largest absolute Gasteiger partial charge is 0.453 e. The van der Waals surface area contributed by atoms with Crippen molar-refractivity contribution in [2.24, 2.45) is 11.8 Å². The van der Waals surface area contributed by atoms with Gasteiger partial charge in [0.05, 0.1) is 24.9 Å². The van der Waals surface area contributed by atoms with Crippen LogP contribution in [0.25, 0.3) is 0 Å². The number of nitrogens with one attached hydrogen (secondary N) is 1. The number of alkyl carbamates (subject to hydrolysis) is 1. The van der Waals surface area contributed by atoms with Crippen molar-refractivity contribution < 1.29 is 24.9 Å². The molecule has 0 aromatic heterocycles. The van der Waals surface area contributed by atoms with Crippen molar-refractivity contribution >= 4 is 58.2 Å². The van der Waals surface area contributed by atoms with E-state index in [0.29, 0.717) is 12.2 Å². The predicted octanol–water partition coefficient (Wildman–Crippen LogP) is 0.700. The molecular weight excluding hydrogens is 485 g/mol. The number of hydrogen-bond donors (Lipinski definition) is 4. The molecule has 4 N–H and O–H groups in total. The fourth-order valence-corrected chi connectivity index (χ4v) is 5.57. The van der Waals surface area contributed by atoms with Crippen LogP contribution in [0.5, 0.6) is 0 Å². The van der Waals surface area contributed by atoms with Crippen LogP contribution in [0.1, 0.15) is 26.7 Å². The van der Waals surface area contributed by atoms with Gasteiger partial charge in [-0.1, -0.05) is 7.15 Å². The molecule has 0 heterocycles. The van der Waals surface area contributed by atoms with E-state index in [-0.39, 0.29) is 12.3 Å². The normalized spacial score (nSPS) is 36.7. The molecule has 1 rings (SSSR count). The van der Waals surface area contributed by atoms with Gasteiger partial charge >= 0.3 is 6.09 Å². The van der Waals surface area contributed by atoms with E-state index in [4.69, 9.17) is 22.4 Å². The zero-order valence-corrected chi connectivity index (χ0v) is 18.8. The zero-order chi connectivity index (χ0) is 18.9. The Morgan fingerprint density at radius 3 is 2.50 bits per heavy atom. The van der Waals surface area contributed by atoms with Crippen molar-refractivity contribution in [3.8, 4) is 0 Å². The molecule has 6 atom stereocenters. The lowest BCUT2D eigenvalue weighted by atomic mass is 9.63. The molecule has 24 heavy (non-hydrogen) atoms. The first kappa shape index (κ1) is 22.7. The molecule has 0 aliphatic heterocycles. The summed E-state index contributed by atoms with van der Waals surface area (Å²) in [4.78, 5) is 11.7. The van der Waals surface area contributed by atoms with Gasteiger partial charge in [-0.25, -0.2) is 4.79 Å². The van der Waals surface area contributed by atoms with Gasteiger partial charge in [-0.15, -0.1) is 0 Å². The summed E-state index contributed by atoms with van der Waals surface area (Å²) in [6.45, 7) is 3.24. The highest BCUT2D eigenvalue weighted by molar-refractivity contribution is 14.1. The van der Waals surface area contributed by atoms with E-state index in [0.717, 1.165) is 0 Å². The Labute approximate surface area is 166 Å². The van der Waals surface area contributed by atoms with Gasteiger partial charge in [-0.2, -0.15) is 0 Å². The second-order valence-electron chi connectivity index (χ2n) is 6.87. The smallest absolute Gasteiger partial charge is 0.407 e. The lowest BCUT2D eigenvalue weighted by Gasteiger charge is -2.52. The third kappa shape index (κ3) is 6.13. The Balaban J connectivity index is 3.24. The number of alkyl halides is 1. The number of carbonyl (C=O) groups is 1. The van der Waals surface area contributed by atoms with Gasteiger partial charge in [0.1, 0.15) is 3.61 Å². The van der Waals surface area contributed by atoms with Crippen LogP contribution in [0.3, 0.4) is 0 Å². The van der Waals surface area contributed by atoms with Crippen LogP contribution < -0.4 is 5.32 Å². The van der Waals surface area contributed by atoms with E-state index in [2.05, 4.69) is 10.1 Å². The fraction of sp³-hybridized carbons (Fsp3) is 0.929. The summed E-state index contributed by atoms with van der Waals surface area (Å²) in [5.74, 6) is -0.404. The second kappa shape index (κ2) is 8.13. The maximum atomic E-state index is 11.7. The Morgan fingerprint density at radius 2 is 2.08 bits per heavy atom. The first-order valence-corrected chi connectivity index (χ1v) is 12.7. The summed E-state index contributed by atoms with van der Waals surface area (Å²) >= 11 is 12.5. The summed E-state index contributed by atoms with van der Waals surface area (Å²) in [6, 6.07) is -0.744. The lowest BCUT2D eigenvalue weighted by molar-refractivity contribution is -0.143. The number of carbonyl (C=O) groups excluding carboxylic acids is 1. The van der Waals surface area contributed by atoms with Crippen LogP contribution in [-0.2, 0) is 34.3 Å². The molecule has 0 spiro atoms. The molecule has 1 aliphatic carbocycles. The molecule has 0 radical (unpaired) electrons. The van der Waals surface area contributed by atoms with Crippen LogP contribution >= 0.6 is 22.6 Å².